The molecule has 0 fully saturated rings. The van der Waals surface area contributed by atoms with Crippen molar-refractivity contribution in [1.29, 1.82) is 0 Å². The van der Waals surface area contributed by atoms with E-state index in [0.717, 1.165) is 10.6 Å². The van der Waals surface area contributed by atoms with E-state index in [1.54, 1.807) is 14.2 Å². The second-order valence-electron chi connectivity index (χ2n) is 4.61. The third-order valence-corrected chi connectivity index (χ3v) is 3.67. The number of nitrogens with zero attached hydrogens (tertiary/aromatic N) is 2. The van der Waals surface area contributed by atoms with E-state index in [1.807, 2.05) is 0 Å². The van der Waals surface area contributed by atoms with Crippen LogP contribution in [0.1, 0.15) is 24.4 Å². The Bertz CT molecular complexity index is 385. The Morgan fingerprint density at radius 2 is 2.11 bits per heavy atom. The number of anilines is 1. The van der Waals surface area contributed by atoms with Crippen LogP contribution in [0.25, 0.3) is 0 Å². The van der Waals surface area contributed by atoms with E-state index in [1.165, 1.54) is 16.2 Å². The van der Waals surface area contributed by atoms with Gasteiger partial charge in [0.05, 0.1) is 18.8 Å². The van der Waals surface area contributed by atoms with Gasteiger partial charge in [-0.3, -0.25) is 0 Å². The number of rotatable bonds is 8. The quantitative estimate of drug-likeness (QED) is 0.799. The first-order chi connectivity index (χ1) is 8.93. The summed E-state index contributed by atoms with van der Waals surface area (Å²) in [5.74, 6) is 0. The number of alkyl halides is 2. The molecule has 0 unspecified atom stereocenters. The van der Waals surface area contributed by atoms with E-state index in [-0.39, 0.29) is 6.54 Å². The molecule has 19 heavy (non-hydrogen) atoms. The van der Waals surface area contributed by atoms with Crippen molar-refractivity contribution in [2.45, 2.75) is 39.5 Å². The first kappa shape index (κ1) is 16.3. The van der Waals surface area contributed by atoms with Crippen LogP contribution in [0.5, 0.6) is 0 Å². The minimum atomic E-state index is -2.36. The van der Waals surface area contributed by atoms with Crippen LogP contribution in [0.2, 0.25) is 0 Å². The molecule has 0 aliphatic carbocycles. The second kappa shape index (κ2) is 7.72. The lowest BCUT2D eigenvalue weighted by atomic mass is 10.3. The summed E-state index contributed by atoms with van der Waals surface area (Å²) in [4.78, 5) is 6.89. The molecule has 0 aromatic carbocycles. The monoisotopic (exact) mass is 293 g/mol. The van der Waals surface area contributed by atoms with E-state index < -0.39 is 6.43 Å². The molecule has 0 bridgehead atoms. The molecule has 0 aliphatic rings. The molecule has 0 amide bonds. The molecule has 1 N–H and O–H groups in total. The lowest BCUT2D eigenvalue weighted by Gasteiger charge is -2.14. The van der Waals surface area contributed by atoms with Crippen molar-refractivity contribution in [3.8, 4) is 0 Å². The predicted molar refractivity (Wildman–Crippen MR) is 74.1 cm³/mol. The van der Waals surface area contributed by atoms with Crippen LogP contribution in [0.3, 0.4) is 0 Å². The molecule has 0 aliphatic heterocycles. The van der Waals surface area contributed by atoms with Gasteiger partial charge in [0.15, 0.2) is 5.13 Å². The zero-order valence-corrected chi connectivity index (χ0v) is 12.6. The molecule has 0 atom stereocenters. The maximum atomic E-state index is 12.4. The molecule has 0 spiro atoms. The van der Waals surface area contributed by atoms with Crippen LogP contribution in [0.15, 0.2) is 0 Å². The predicted octanol–water partition coefficient (Wildman–Crippen LogP) is 2.49. The van der Waals surface area contributed by atoms with Crippen molar-refractivity contribution < 1.29 is 13.5 Å². The van der Waals surface area contributed by atoms with Gasteiger partial charge in [0, 0.05) is 31.6 Å². The fraction of sp³-hybridized carbons (Fsp3) is 0.750. The Labute approximate surface area is 116 Å². The van der Waals surface area contributed by atoms with E-state index >= 15 is 0 Å². The van der Waals surface area contributed by atoms with Gasteiger partial charge < -0.3 is 15.0 Å². The lowest BCUT2D eigenvalue weighted by molar-refractivity contribution is 0.156. The van der Waals surface area contributed by atoms with Gasteiger partial charge in [0.2, 0.25) is 0 Å². The number of nitrogens with one attached hydrogen (secondary N) is 1. The molecule has 7 heteroatoms. The van der Waals surface area contributed by atoms with Gasteiger partial charge in [-0.15, -0.1) is 11.3 Å². The third kappa shape index (κ3) is 5.38. The van der Waals surface area contributed by atoms with Gasteiger partial charge in [-0.05, 0) is 0 Å². The molecule has 0 radical (unpaired) electrons. The topological polar surface area (TPSA) is 37.4 Å². The maximum absolute atomic E-state index is 12.4. The van der Waals surface area contributed by atoms with Crippen molar-refractivity contribution in [3.05, 3.63) is 10.6 Å². The van der Waals surface area contributed by atoms with Crippen LogP contribution < -0.4 is 10.2 Å². The van der Waals surface area contributed by atoms with E-state index in [2.05, 4.69) is 24.1 Å². The van der Waals surface area contributed by atoms with Gasteiger partial charge in [-0.2, -0.15) is 0 Å². The summed E-state index contributed by atoms with van der Waals surface area (Å²) in [6.45, 7) is 4.88. The highest BCUT2D eigenvalue weighted by atomic mass is 32.1. The largest absolute Gasteiger partial charge is 0.378 e. The summed E-state index contributed by atoms with van der Waals surface area (Å²) in [6.07, 6.45) is -2.36. The first-order valence-corrected chi connectivity index (χ1v) is 6.95. The number of halogens is 2. The van der Waals surface area contributed by atoms with Crippen LogP contribution >= 0.6 is 11.3 Å². The summed E-state index contributed by atoms with van der Waals surface area (Å²) in [7, 11) is 3.22. The minimum absolute atomic E-state index is 0.309. The van der Waals surface area contributed by atoms with E-state index in [0.29, 0.717) is 24.3 Å². The number of hydrogen-bond donors (Lipinski definition) is 1. The minimum Gasteiger partial charge on any atom is -0.378 e. The first-order valence-electron chi connectivity index (χ1n) is 6.14. The zero-order valence-electron chi connectivity index (χ0n) is 11.7. The van der Waals surface area contributed by atoms with E-state index in [9.17, 15) is 8.78 Å². The van der Waals surface area contributed by atoms with Crippen molar-refractivity contribution >= 4 is 16.5 Å². The molecule has 0 saturated carbocycles. The molecule has 1 aromatic heterocycles. The Kier molecular flexibility index (Phi) is 6.60. The highest BCUT2D eigenvalue weighted by Crippen LogP contribution is 2.26. The third-order valence-electron chi connectivity index (χ3n) is 2.46. The van der Waals surface area contributed by atoms with Gasteiger partial charge in [0.25, 0.3) is 6.43 Å². The maximum Gasteiger partial charge on any atom is 0.255 e. The Balaban J connectivity index is 2.80. The van der Waals surface area contributed by atoms with Crippen LogP contribution in [-0.4, -0.2) is 38.2 Å². The van der Waals surface area contributed by atoms with E-state index in [4.69, 9.17) is 4.74 Å². The molecular weight excluding hydrogens is 272 g/mol. The fourth-order valence-electron chi connectivity index (χ4n) is 1.50. The number of thiazole rings is 1. The second-order valence-corrected chi connectivity index (χ2v) is 5.67. The van der Waals surface area contributed by atoms with Gasteiger partial charge in [-0.1, -0.05) is 13.8 Å². The lowest BCUT2D eigenvalue weighted by Crippen LogP contribution is -2.23. The molecular formula is C12H21F2N3OS. The SMILES string of the molecule is COCc1nc(N(C)CC(F)F)sc1CNC(C)C. The van der Waals surface area contributed by atoms with Gasteiger partial charge in [0.1, 0.15) is 0 Å². The average Bonchev–Trinajstić information content (AvgIpc) is 2.69. The summed E-state index contributed by atoms with van der Waals surface area (Å²) >= 11 is 1.43. The fourth-order valence-corrected chi connectivity index (χ4v) is 2.49. The average molecular weight is 293 g/mol. The molecule has 0 saturated heterocycles. The molecule has 1 heterocycles. The molecule has 110 valence electrons. The highest BCUT2D eigenvalue weighted by molar-refractivity contribution is 7.15. The molecule has 1 aromatic rings. The highest BCUT2D eigenvalue weighted by Gasteiger charge is 2.16. The standard InChI is InChI=1S/C12H21F2N3OS/c1-8(2)15-5-10-9(7-18-4)16-12(19-10)17(3)6-11(13)14/h8,11,15H,5-7H2,1-4H3. The molecule has 4 nitrogen and oxygen atoms in total. The van der Waals surface area contributed by atoms with Gasteiger partial charge in [-0.25, -0.2) is 13.8 Å². The summed E-state index contributed by atoms with van der Waals surface area (Å²) in [5.41, 5.74) is 0.816. The number of ether oxygens (including phenoxy) is 1. The van der Waals surface area contributed by atoms with Crippen LogP contribution in [0.4, 0.5) is 13.9 Å². The Hall–Kier alpha value is -0.790. The Morgan fingerprint density at radius 3 is 2.63 bits per heavy atom. The zero-order chi connectivity index (χ0) is 14.4. The van der Waals surface area contributed by atoms with Crippen LogP contribution in [-0.2, 0) is 17.9 Å². The molecule has 1 rings (SSSR count). The van der Waals surface area contributed by atoms with Crippen LogP contribution in [0, 0.1) is 0 Å². The van der Waals surface area contributed by atoms with Crippen molar-refractivity contribution in [2.75, 3.05) is 25.6 Å². The number of aromatic nitrogens is 1. The normalized spacial score (nSPS) is 11.6. The Morgan fingerprint density at radius 1 is 1.42 bits per heavy atom. The summed E-state index contributed by atoms with van der Waals surface area (Å²) < 4.78 is 29.9. The number of methoxy groups -OCH3 is 1. The van der Waals surface area contributed by atoms with Gasteiger partial charge >= 0.3 is 0 Å². The smallest absolute Gasteiger partial charge is 0.255 e. The van der Waals surface area contributed by atoms with Crippen molar-refractivity contribution in [1.82, 2.24) is 10.3 Å². The van der Waals surface area contributed by atoms with Crippen molar-refractivity contribution in [3.63, 3.8) is 0 Å². The number of hydrogen-bond acceptors (Lipinski definition) is 5. The summed E-state index contributed by atoms with van der Waals surface area (Å²) in [6, 6.07) is 0.361. The summed E-state index contributed by atoms with van der Waals surface area (Å²) in [5, 5.41) is 3.91. The van der Waals surface area contributed by atoms with Crippen molar-refractivity contribution in [2.24, 2.45) is 0 Å².